The summed E-state index contributed by atoms with van der Waals surface area (Å²) < 4.78 is 11.2. The third-order valence-electron chi connectivity index (χ3n) is 3.43. The molecule has 1 heterocycles. The summed E-state index contributed by atoms with van der Waals surface area (Å²) >= 11 is 0. The molecule has 0 radical (unpaired) electrons. The number of benzene rings is 1. The Kier molecular flexibility index (Phi) is 3.35. The van der Waals surface area contributed by atoms with Crippen molar-refractivity contribution in [2.45, 2.75) is 38.2 Å². The van der Waals surface area contributed by atoms with E-state index in [1.54, 1.807) is 12.1 Å². The lowest BCUT2D eigenvalue weighted by atomic mass is 10.1. The molecule has 0 amide bonds. The molecular formula is C14H17N3O2. The normalized spacial score (nSPS) is 15.8. The molecule has 1 fully saturated rings. The van der Waals surface area contributed by atoms with Crippen LogP contribution < -0.4 is 10.5 Å². The molecule has 0 bridgehead atoms. The van der Waals surface area contributed by atoms with E-state index >= 15 is 0 Å². The lowest BCUT2D eigenvalue weighted by Gasteiger charge is -2.03. The molecule has 3 rings (SSSR count). The number of nitrogens with two attached hydrogens (primary N) is 1. The Morgan fingerprint density at radius 3 is 2.63 bits per heavy atom. The molecule has 0 aliphatic heterocycles. The van der Waals surface area contributed by atoms with Gasteiger partial charge in [0.05, 0.1) is 0 Å². The number of hydrogen-bond acceptors (Lipinski definition) is 5. The first kappa shape index (κ1) is 12.0. The van der Waals surface area contributed by atoms with Crippen molar-refractivity contribution in [3.05, 3.63) is 36.0 Å². The van der Waals surface area contributed by atoms with Crippen LogP contribution in [-0.4, -0.2) is 10.2 Å². The first-order chi connectivity index (χ1) is 9.31. The predicted molar refractivity (Wildman–Crippen MR) is 70.7 cm³/mol. The fourth-order valence-electron chi connectivity index (χ4n) is 2.37. The van der Waals surface area contributed by atoms with E-state index in [-0.39, 0.29) is 0 Å². The van der Waals surface area contributed by atoms with E-state index in [4.69, 9.17) is 14.9 Å². The van der Waals surface area contributed by atoms with E-state index < -0.39 is 0 Å². The maximum atomic E-state index is 5.64. The van der Waals surface area contributed by atoms with Crippen molar-refractivity contribution in [3.63, 3.8) is 0 Å². The van der Waals surface area contributed by atoms with Crippen molar-refractivity contribution >= 4 is 5.69 Å². The van der Waals surface area contributed by atoms with Gasteiger partial charge in [-0.15, -0.1) is 10.2 Å². The van der Waals surface area contributed by atoms with Gasteiger partial charge in [-0.25, -0.2) is 0 Å². The van der Waals surface area contributed by atoms with Crippen molar-refractivity contribution in [1.29, 1.82) is 0 Å². The molecule has 1 aromatic heterocycles. The molecule has 19 heavy (non-hydrogen) atoms. The summed E-state index contributed by atoms with van der Waals surface area (Å²) in [4.78, 5) is 0. The monoisotopic (exact) mass is 259 g/mol. The number of nitrogen functional groups attached to an aromatic ring is 1. The second-order valence-electron chi connectivity index (χ2n) is 4.87. The van der Waals surface area contributed by atoms with Crippen molar-refractivity contribution in [2.75, 3.05) is 5.73 Å². The molecule has 0 spiro atoms. The Balaban J connectivity index is 1.59. The Morgan fingerprint density at radius 2 is 1.89 bits per heavy atom. The maximum Gasteiger partial charge on any atom is 0.253 e. The molecule has 5 nitrogen and oxygen atoms in total. The summed E-state index contributed by atoms with van der Waals surface area (Å²) in [5, 5.41) is 8.13. The molecule has 1 aliphatic rings. The van der Waals surface area contributed by atoms with Crippen molar-refractivity contribution < 1.29 is 9.15 Å². The zero-order valence-corrected chi connectivity index (χ0v) is 10.7. The second-order valence-corrected chi connectivity index (χ2v) is 4.87. The molecular weight excluding hydrogens is 242 g/mol. The minimum Gasteiger partial charge on any atom is -0.484 e. The lowest BCUT2D eigenvalue weighted by molar-refractivity contribution is 0.256. The first-order valence-electron chi connectivity index (χ1n) is 6.62. The molecule has 1 aliphatic carbocycles. The molecule has 0 atom stereocenters. The Labute approximate surface area is 111 Å². The van der Waals surface area contributed by atoms with E-state index in [1.165, 1.54) is 12.8 Å². The van der Waals surface area contributed by atoms with Gasteiger partial charge in [0.1, 0.15) is 5.75 Å². The van der Waals surface area contributed by atoms with Crippen LogP contribution >= 0.6 is 0 Å². The van der Waals surface area contributed by atoms with E-state index in [0.29, 0.717) is 24.1 Å². The van der Waals surface area contributed by atoms with Gasteiger partial charge in [-0.3, -0.25) is 0 Å². The standard InChI is InChI=1S/C14H17N3O2/c15-11-5-7-12(8-6-11)18-9-13-16-17-14(19-13)10-3-1-2-4-10/h5-8,10H,1-4,9,15H2. The van der Waals surface area contributed by atoms with Crippen molar-refractivity contribution in [2.24, 2.45) is 0 Å². The second kappa shape index (κ2) is 5.30. The Morgan fingerprint density at radius 1 is 1.16 bits per heavy atom. The molecule has 2 N–H and O–H groups in total. The van der Waals surface area contributed by atoms with E-state index in [1.807, 2.05) is 12.1 Å². The third-order valence-corrected chi connectivity index (χ3v) is 3.43. The van der Waals surface area contributed by atoms with Crippen LogP contribution in [-0.2, 0) is 6.61 Å². The third kappa shape index (κ3) is 2.86. The minimum absolute atomic E-state index is 0.295. The first-order valence-corrected chi connectivity index (χ1v) is 6.62. The molecule has 100 valence electrons. The van der Waals surface area contributed by atoms with Crippen molar-refractivity contribution in [1.82, 2.24) is 10.2 Å². The number of nitrogens with zero attached hydrogens (tertiary/aromatic N) is 2. The van der Waals surface area contributed by atoms with Crippen LogP contribution in [0.4, 0.5) is 5.69 Å². The summed E-state index contributed by atoms with van der Waals surface area (Å²) in [6.45, 7) is 0.295. The van der Waals surface area contributed by atoms with Gasteiger partial charge in [-0.05, 0) is 37.1 Å². The Hall–Kier alpha value is -2.04. The molecule has 1 aromatic carbocycles. The summed E-state index contributed by atoms with van der Waals surface area (Å²) in [7, 11) is 0. The molecule has 2 aromatic rings. The zero-order valence-electron chi connectivity index (χ0n) is 10.7. The van der Waals surface area contributed by atoms with E-state index in [0.717, 1.165) is 24.5 Å². The summed E-state index contributed by atoms with van der Waals surface area (Å²) in [6, 6.07) is 7.24. The SMILES string of the molecule is Nc1ccc(OCc2nnc(C3CCCC3)o2)cc1. The van der Waals surface area contributed by atoms with Crippen LogP contribution in [0.25, 0.3) is 0 Å². The van der Waals surface area contributed by atoms with Crippen molar-refractivity contribution in [3.8, 4) is 5.75 Å². The molecule has 5 heteroatoms. The summed E-state index contributed by atoms with van der Waals surface area (Å²) in [6.07, 6.45) is 4.82. The summed E-state index contributed by atoms with van der Waals surface area (Å²) in [5.41, 5.74) is 6.33. The molecule has 0 unspecified atom stereocenters. The van der Waals surface area contributed by atoms with Gasteiger partial charge in [-0.2, -0.15) is 0 Å². The topological polar surface area (TPSA) is 74.2 Å². The lowest BCUT2D eigenvalue weighted by Crippen LogP contribution is -1.96. The average Bonchev–Trinajstić information content (AvgIpc) is 3.09. The number of aromatic nitrogens is 2. The van der Waals surface area contributed by atoms with Gasteiger partial charge in [0, 0.05) is 11.6 Å². The fourth-order valence-corrected chi connectivity index (χ4v) is 2.37. The highest BCUT2D eigenvalue weighted by Crippen LogP contribution is 2.33. The van der Waals surface area contributed by atoms with E-state index in [2.05, 4.69) is 10.2 Å². The van der Waals surface area contributed by atoms with Crippen LogP contribution in [0, 0.1) is 0 Å². The van der Waals surface area contributed by atoms with Crippen LogP contribution in [0.3, 0.4) is 0 Å². The van der Waals surface area contributed by atoms with Crippen LogP contribution in [0.2, 0.25) is 0 Å². The van der Waals surface area contributed by atoms with Gasteiger partial charge in [0.25, 0.3) is 5.89 Å². The predicted octanol–water partition coefficient (Wildman–Crippen LogP) is 2.89. The molecule has 0 saturated heterocycles. The smallest absolute Gasteiger partial charge is 0.253 e. The highest BCUT2D eigenvalue weighted by molar-refractivity contribution is 5.41. The van der Waals surface area contributed by atoms with Gasteiger partial charge >= 0.3 is 0 Å². The van der Waals surface area contributed by atoms with Gasteiger partial charge < -0.3 is 14.9 Å². The van der Waals surface area contributed by atoms with Crippen LogP contribution in [0.5, 0.6) is 5.75 Å². The average molecular weight is 259 g/mol. The van der Waals surface area contributed by atoms with Gasteiger partial charge in [-0.1, -0.05) is 12.8 Å². The quantitative estimate of drug-likeness (QED) is 0.854. The highest BCUT2D eigenvalue weighted by Gasteiger charge is 2.22. The zero-order chi connectivity index (χ0) is 13.1. The van der Waals surface area contributed by atoms with Gasteiger partial charge in [0.2, 0.25) is 5.89 Å². The van der Waals surface area contributed by atoms with Crippen LogP contribution in [0.1, 0.15) is 43.4 Å². The number of ether oxygens (including phenoxy) is 1. The number of hydrogen-bond donors (Lipinski definition) is 1. The number of anilines is 1. The van der Waals surface area contributed by atoms with E-state index in [9.17, 15) is 0 Å². The largest absolute Gasteiger partial charge is 0.484 e. The highest BCUT2D eigenvalue weighted by atomic mass is 16.5. The van der Waals surface area contributed by atoms with Gasteiger partial charge in [0.15, 0.2) is 6.61 Å². The minimum atomic E-state index is 0.295. The fraction of sp³-hybridized carbons (Fsp3) is 0.429. The maximum absolute atomic E-state index is 5.64. The molecule has 1 saturated carbocycles. The Bertz CT molecular complexity index is 530. The van der Waals surface area contributed by atoms with Crippen LogP contribution in [0.15, 0.2) is 28.7 Å². The summed E-state index contributed by atoms with van der Waals surface area (Å²) in [5.74, 6) is 2.47. The number of rotatable bonds is 4.